The van der Waals surface area contributed by atoms with E-state index >= 15 is 0 Å². The van der Waals surface area contributed by atoms with Gasteiger partial charge in [0.15, 0.2) is 0 Å². The summed E-state index contributed by atoms with van der Waals surface area (Å²) in [7, 11) is 0. The first-order chi connectivity index (χ1) is 25.7. The van der Waals surface area contributed by atoms with Gasteiger partial charge in [-0.25, -0.2) is 9.97 Å². The third kappa shape index (κ3) is 4.61. The number of hydrogen-bond donors (Lipinski definition) is 0. The van der Waals surface area contributed by atoms with Crippen LogP contribution in [0, 0.1) is 13.8 Å². The van der Waals surface area contributed by atoms with E-state index in [4.69, 9.17) is 9.97 Å². The Morgan fingerprint density at radius 3 is 1.19 bits per heavy atom. The summed E-state index contributed by atoms with van der Waals surface area (Å²) in [4.78, 5) is 14.5. The minimum absolute atomic E-state index is 0.877. The summed E-state index contributed by atoms with van der Waals surface area (Å²) in [5, 5.41) is 12.1. The summed E-state index contributed by atoms with van der Waals surface area (Å²) in [6.45, 7) is 4.47. The summed E-state index contributed by atoms with van der Waals surface area (Å²) in [6, 6.07) is 56.5. The molecule has 0 aliphatic heterocycles. The molecule has 4 heteroatoms. The number of nitrogens with zero attached hydrogens (tertiary/aromatic N) is 4. The summed E-state index contributed by atoms with van der Waals surface area (Å²) < 4.78 is 0. The Hall–Kier alpha value is -6.78. The number of fused-ring (bicyclic) bond motifs is 2. The molecule has 0 radical (unpaired) electrons. The van der Waals surface area contributed by atoms with E-state index < -0.39 is 0 Å². The molecule has 0 saturated carbocycles. The van der Waals surface area contributed by atoms with Crippen LogP contribution in [-0.4, -0.2) is 9.97 Å². The normalized spacial score (nSPS) is 11.7. The zero-order valence-electron chi connectivity index (χ0n) is 29.0. The van der Waals surface area contributed by atoms with Crippen molar-refractivity contribution in [3.8, 4) is 0 Å². The van der Waals surface area contributed by atoms with Crippen molar-refractivity contribution in [2.45, 2.75) is 13.8 Å². The van der Waals surface area contributed by atoms with Crippen molar-refractivity contribution in [3.05, 3.63) is 181 Å². The SMILES string of the molecule is Cc1cc(N(c2ccccn2)c2cccc3ccccc23)c2ccc3c(C)cc(N(c4ccccn4)c4cccc5ccccc45)c4ccc1c2c34. The van der Waals surface area contributed by atoms with E-state index in [1.807, 2.05) is 24.5 Å². The average Bonchev–Trinajstić information content (AvgIpc) is 3.20. The Labute approximate surface area is 302 Å². The lowest BCUT2D eigenvalue weighted by Crippen LogP contribution is -2.14. The fraction of sp³-hybridized carbons (Fsp3) is 0.0417. The Morgan fingerprint density at radius 2 is 0.750 bits per heavy atom. The predicted molar refractivity (Wildman–Crippen MR) is 220 cm³/mol. The molecule has 2 heterocycles. The summed E-state index contributed by atoms with van der Waals surface area (Å²) in [5.41, 5.74) is 6.84. The smallest absolute Gasteiger partial charge is 0.137 e. The van der Waals surface area contributed by atoms with Crippen molar-refractivity contribution in [1.82, 2.24) is 9.97 Å². The van der Waals surface area contributed by atoms with E-state index in [-0.39, 0.29) is 0 Å². The van der Waals surface area contributed by atoms with E-state index in [0.29, 0.717) is 0 Å². The fourth-order valence-corrected chi connectivity index (χ4v) is 8.20. The Bertz CT molecular complexity index is 2720. The molecule has 0 aliphatic carbocycles. The highest BCUT2D eigenvalue weighted by Crippen LogP contribution is 2.50. The maximum Gasteiger partial charge on any atom is 0.137 e. The number of hydrogen-bond acceptors (Lipinski definition) is 4. The molecular formula is C48H34N4. The van der Waals surface area contributed by atoms with Crippen LogP contribution in [0.3, 0.4) is 0 Å². The van der Waals surface area contributed by atoms with Crippen molar-refractivity contribution in [1.29, 1.82) is 0 Å². The van der Waals surface area contributed by atoms with Gasteiger partial charge in [-0.15, -0.1) is 0 Å². The van der Waals surface area contributed by atoms with Gasteiger partial charge in [0.25, 0.3) is 0 Å². The molecule has 0 aliphatic rings. The van der Waals surface area contributed by atoms with Crippen molar-refractivity contribution in [2.24, 2.45) is 0 Å². The summed E-state index contributed by atoms with van der Waals surface area (Å²) in [6.07, 6.45) is 3.76. The Balaban J connectivity index is 1.31. The highest BCUT2D eigenvalue weighted by atomic mass is 15.2. The van der Waals surface area contributed by atoms with E-state index in [9.17, 15) is 0 Å². The van der Waals surface area contributed by atoms with Crippen LogP contribution in [0.5, 0.6) is 0 Å². The number of aromatic nitrogens is 2. The molecule has 0 bridgehead atoms. The second-order valence-electron chi connectivity index (χ2n) is 13.5. The summed E-state index contributed by atoms with van der Waals surface area (Å²) in [5.74, 6) is 1.75. The minimum Gasteiger partial charge on any atom is -0.294 e. The Morgan fingerprint density at radius 1 is 0.346 bits per heavy atom. The Kier molecular flexibility index (Phi) is 6.90. The van der Waals surface area contributed by atoms with Crippen LogP contribution in [0.25, 0.3) is 53.9 Å². The fourth-order valence-electron chi connectivity index (χ4n) is 8.20. The molecular weight excluding hydrogens is 633 g/mol. The van der Waals surface area contributed by atoms with Crippen molar-refractivity contribution < 1.29 is 0 Å². The molecule has 0 atom stereocenters. The number of pyridine rings is 2. The maximum absolute atomic E-state index is 4.93. The number of rotatable bonds is 6. The van der Waals surface area contributed by atoms with Crippen LogP contribution in [0.15, 0.2) is 170 Å². The van der Waals surface area contributed by atoms with Gasteiger partial charge in [0.2, 0.25) is 0 Å². The van der Waals surface area contributed by atoms with Gasteiger partial charge in [-0.3, -0.25) is 9.80 Å². The van der Waals surface area contributed by atoms with E-state index in [2.05, 4.69) is 169 Å². The molecule has 2 aromatic heterocycles. The lowest BCUT2D eigenvalue weighted by atomic mass is 9.88. The first-order valence-corrected chi connectivity index (χ1v) is 17.8. The third-order valence-corrected chi connectivity index (χ3v) is 10.5. The topological polar surface area (TPSA) is 32.3 Å². The molecule has 8 aromatic carbocycles. The lowest BCUT2D eigenvalue weighted by molar-refractivity contribution is 1.19. The van der Waals surface area contributed by atoms with Crippen LogP contribution < -0.4 is 9.80 Å². The van der Waals surface area contributed by atoms with Gasteiger partial charge in [-0.2, -0.15) is 0 Å². The van der Waals surface area contributed by atoms with Crippen molar-refractivity contribution >= 4 is 88.2 Å². The van der Waals surface area contributed by atoms with Crippen LogP contribution in [0.4, 0.5) is 34.4 Å². The standard InChI is InChI=1S/C48H34N4/c1-31-29-43(51(45-21-7-9-27-49-45)41-19-11-15-33-13-3-5-17-37(33)41)39-26-24-36-32(2)30-44(40-25-23-35(31)47(39)48(36)40)52(46-22-8-10-28-50-46)42-20-12-16-34-14-4-6-18-38(34)42/h3-30H,1-2H3. The second-order valence-corrected chi connectivity index (χ2v) is 13.5. The molecule has 10 rings (SSSR count). The van der Waals surface area contributed by atoms with Crippen LogP contribution in [-0.2, 0) is 0 Å². The molecule has 246 valence electrons. The molecule has 0 fully saturated rings. The predicted octanol–water partition coefficient (Wildman–Crippen LogP) is 13.2. The minimum atomic E-state index is 0.877. The molecule has 10 aromatic rings. The van der Waals surface area contributed by atoms with Crippen LogP contribution >= 0.6 is 0 Å². The lowest BCUT2D eigenvalue weighted by Gasteiger charge is -2.30. The van der Waals surface area contributed by atoms with Gasteiger partial charge >= 0.3 is 0 Å². The van der Waals surface area contributed by atoms with Crippen LogP contribution in [0.2, 0.25) is 0 Å². The molecule has 4 nitrogen and oxygen atoms in total. The van der Waals surface area contributed by atoms with Crippen LogP contribution in [0.1, 0.15) is 11.1 Å². The molecule has 0 saturated heterocycles. The first kappa shape index (κ1) is 30.1. The van der Waals surface area contributed by atoms with Crippen molar-refractivity contribution in [3.63, 3.8) is 0 Å². The first-order valence-electron chi connectivity index (χ1n) is 17.8. The van der Waals surface area contributed by atoms with Gasteiger partial charge in [0.1, 0.15) is 11.6 Å². The van der Waals surface area contributed by atoms with Gasteiger partial charge < -0.3 is 0 Å². The summed E-state index contributed by atoms with van der Waals surface area (Å²) >= 11 is 0. The second kappa shape index (κ2) is 11.9. The number of aryl methyl sites for hydroxylation is 2. The number of anilines is 6. The third-order valence-electron chi connectivity index (χ3n) is 10.5. The zero-order valence-corrected chi connectivity index (χ0v) is 29.0. The average molecular weight is 667 g/mol. The number of benzene rings is 8. The van der Waals surface area contributed by atoms with E-state index in [0.717, 1.165) is 34.4 Å². The van der Waals surface area contributed by atoms with E-state index in [1.165, 1.54) is 65.0 Å². The van der Waals surface area contributed by atoms with Gasteiger partial charge in [-0.1, -0.05) is 109 Å². The molecule has 0 amide bonds. The molecule has 0 N–H and O–H groups in total. The van der Waals surface area contributed by atoms with Gasteiger partial charge in [0.05, 0.1) is 22.7 Å². The van der Waals surface area contributed by atoms with Crippen molar-refractivity contribution in [2.75, 3.05) is 9.80 Å². The monoisotopic (exact) mass is 666 g/mol. The molecule has 0 spiro atoms. The quantitative estimate of drug-likeness (QED) is 0.165. The molecule has 52 heavy (non-hydrogen) atoms. The largest absolute Gasteiger partial charge is 0.294 e. The maximum atomic E-state index is 4.93. The highest BCUT2D eigenvalue weighted by Gasteiger charge is 2.25. The molecule has 0 unspecified atom stereocenters. The zero-order chi connectivity index (χ0) is 34.8. The highest BCUT2D eigenvalue weighted by molar-refractivity contribution is 6.29. The van der Waals surface area contributed by atoms with Gasteiger partial charge in [0, 0.05) is 33.9 Å². The van der Waals surface area contributed by atoms with E-state index in [1.54, 1.807) is 0 Å². The van der Waals surface area contributed by atoms with Gasteiger partial charge in [-0.05, 0) is 106 Å².